The zero-order valence-corrected chi connectivity index (χ0v) is 11.8. The number of carboxylic acids is 1. The molecule has 3 N–H and O–H groups in total. The molecular weight excluding hydrogens is 274 g/mol. The quantitative estimate of drug-likeness (QED) is 0.890. The van der Waals surface area contributed by atoms with Crippen molar-refractivity contribution in [1.82, 2.24) is 0 Å². The van der Waals surface area contributed by atoms with Gasteiger partial charge in [0.05, 0.1) is 5.92 Å². The van der Waals surface area contributed by atoms with E-state index >= 15 is 0 Å². The van der Waals surface area contributed by atoms with Gasteiger partial charge >= 0.3 is 5.97 Å². The van der Waals surface area contributed by atoms with Crippen molar-refractivity contribution in [2.75, 3.05) is 6.54 Å². The summed E-state index contributed by atoms with van der Waals surface area (Å²) >= 11 is 0. The summed E-state index contributed by atoms with van der Waals surface area (Å²) in [5, 5.41) is 9.12. The average Bonchev–Trinajstić information content (AvgIpc) is 2.45. The van der Waals surface area contributed by atoms with Gasteiger partial charge in [-0.3, -0.25) is 4.79 Å². The predicted octanol–water partition coefficient (Wildman–Crippen LogP) is 2.98. The minimum atomic E-state index is -0.842. The molecule has 2 aromatic carbocycles. The van der Waals surface area contributed by atoms with Crippen LogP contribution in [0.4, 0.5) is 0 Å². The topological polar surface area (TPSA) is 63.3 Å². The van der Waals surface area contributed by atoms with Gasteiger partial charge < -0.3 is 10.8 Å². The highest BCUT2D eigenvalue weighted by molar-refractivity contribution is 5.85. The highest BCUT2D eigenvalue weighted by atomic mass is 35.5. The predicted molar refractivity (Wildman–Crippen MR) is 83.0 cm³/mol. The number of benzene rings is 2. The van der Waals surface area contributed by atoms with Gasteiger partial charge in [0.25, 0.3) is 0 Å². The summed E-state index contributed by atoms with van der Waals surface area (Å²) < 4.78 is 0. The summed E-state index contributed by atoms with van der Waals surface area (Å²) in [5.74, 6) is -1.38. The smallest absolute Gasteiger partial charge is 0.308 e. The Morgan fingerprint density at radius 1 is 1.05 bits per heavy atom. The van der Waals surface area contributed by atoms with Crippen LogP contribution >= 0.6 is 12.4 Å². The highest BCUT2D eigenvalue weighted by Crippen LogP contribution is 2.25. The van der Waals surface area contributed by atoms with Crippen LogP contribution in [0, 0.1) is 5.92 Å². The van der Waals surface area contributed by atoms with E-state index in [0.717, 1.165) is 16.7 Å². The molecule has 1 atom stereocenters. The Hall–Kier alpha value is -1.84. The van der Waals surface area contributed by atoms with Gasteiger partial charge in [0.15, 0.2) is 0 Å². The number of nitrogens with two attached hydrogens (primary N) is 1. The second kappa shape index (κ2) is 7.68. The maximum absolute atomic E-state index is 11.1. The van der Waals surface area contributed by atoms with Crippen LogP contribution in [0.15, 0.2) is 54.6 Å². The lowest BCUT2D eigenvalue weighted by molar-refractivity contribution is -0.141. The Morgan fingerprint density at radius 3 is 2.25 bits per heavy atom. The summed E-state index contributed by atoms with van der Waals surface area (Å²) in [6.45, 7) is 0.151. The molecule has 3 nitrogen and oxygen atoms in total. The minimum absolute atomic E-state index is 0. The summed E-state index contributed by atoms with van der Waals surface area (Å²) in [4.78, 5) is 11.1. The number of halogens is 1. The van der Waals surface area contributed by atoms with Crippen molar-refractivity contribution in [2.45, 2.75) is 6.42 Å². The molecule has 4 heteroatoms. The monoisotopic (exact) mass is 291 g/mol. The number of carbonyl (C=O) groups is 1. The first-order chi connectivity index (χ1) is 9.22. The molecule has 20 heavy (non-hydrogen) atoms. The van der Waals surface area contributed by atoms with Crippen LogP contribution in [-0.2, 0) is 11.2 Å². The van der Waals surface area contributed by atoms with E-state index in [-0.39, 0.29) is 19.0 Å². The van der Waals surface area contributed by atoms with Crippen molar-refractivity contribution >= 4 is 18.4 Å². The van der Waals surface area contributed by atoms with Gasteiger partial charge in [0.2, 0.25) is 0 Å². The fourth-order valence-electron chi connectivity index (χ4n) is 2.13. The van der Waals surface area contributed by atoms with E-state index in [1.165, 1.54) is 0 Å². The first kappa shape index (κ1) is 16.2. The third-order valence-electron chi connectivity index (χ3n) is 3.20. The van der Waals surface area contributed by atoms with E-state index in [9.17, 15) is 4.79 Å². The standard InChI is InChI=1S/C16H17NO2.ClH/c17-11-14(16(18)19)10-13-8-4-5-9-15(13)12-6-2-1-3-7-12;/h1-9,14H,10-11,17H2,(H,18,19);1H/t14-;/m1./s1. The fraction of sp³-hybridized carbons (Fsp3) is 0.188. The molecule has 2 rings (SSSR count). The van der Waals surface area contributed by atoms with Gasteiger partial charge in [0, 0.05) is 6.54 Å². The maximum Gasteiger partial charge on any atom is 0.308 e. The molecule has 106 valence electrons. The summed E-state index contributed by atoms with van der Waals surface area (Å²) in [7, 11) is 0. The van der Waals surface area contributed by atoms with Crippen molar-refractivity contribution < 1.29 is 9.90 Å². The van der Waals surface area contributed by atoms with Crippen LogP contribution in [-0.4, -0.2) is 17.6 Å². The molecule has 0 unspecified atom stereocenters. The summed E-state index contributed by atoms with van der Waals surface area (Å²) in [6, 6.07) is 17.8. The second-order valence-corrected chi connectivity index (χ2v) is 4.50. The molecule has 0 spiro atoms. The van der Waals surface area contributed by atoms with Gasteiger partial charge in [-0.05, 0) is 23.1 Å². The Kier molecular flexibility index (Phi) is 6.22. The molecule has 0 bridgehead atoms. The summed E-state index contributed by atoms with van der Waals surface area (Å²) in [6.07, 6.45) is 0.455. The fourth-order valence-corrected chi connectivity index (χ4v) is 2.13. The van der Waals surface area contributed by atoms with E-state index in [2.05, 4.69) is 0 Å². The van der Waals surface area contributed by atoms with E-state index < -0.39 is 11.9 Å². The van der Waals surface area contributed by atoms with Crippen LogP contribution in [0.5, 0.6) is 0 Å². The minimum Gasteiger partial charge on any atom is -0.481 e. The first-order valence-electron chi connectivity index (χ1n) is 6.28. The van der Waals surface area contributed by atoms with E-state index in [1.807, 2.05) is 54.6 Å². The first-order valence-corrected chi connectivity index (χ1v) is 6.28. The molecule has 0 radical (unpaired) electrons. The number of carboxylic acid groups (broad SMARTS) is 1. The lowest BCUT2D eigenvalue weighted by Crippen LogP contribution is -2.25. The Morgan fingerprint density at radius 2 is 1.65 bits per heavy atom. The van der Waals surface area contributed by atoms with Gasteiger partial charge in [-0.2, -0.15) is 0 Å². The zero-order valence-electron chi connectivity index (χ0n) is 11.0. The Balaban J connectivity index is 0.00000200. The number of hydrogen-bond donors (Lipinski definition) is 2. The molecule has 0 aliphatic carbocycles. The second-order valence-electron chi connectivity index (χ2n) is 4.50. The van der Waals surface area contributed by atoms with Gasteiger partial charge in [-0.25, -0.2) is 0 Å². The average molecular weight is 292 g/mol. The third kappa shape index (κ3) is 3.83. The van der Waals surface area contributed by atoms with Crippen molar-refractivity contribution in [3.63, 3.8) is 0 Å². The van der Waals surface area contributed by atoms with Crippen LogP contribution in [0.2, 0.25) is 0 Å². The molecule has 0 fully saturated rings. The number of hydrogen-bond acceptors (Lipinski definition) is 2. The maximum atomic E-state index is 11.1. The molecule has 0 saturated carbocycles. The van der Waals surface area contributed by atoms with Gasteiger partial charge in [-0.1, -0.05) is 54.6 Å². The van der Waals surface area contributed by atoms with Crippen LogP contribution in [0.25, 0.3) is 11.1 Å². The SMILES string of the molecule is Cl.NC[C@@H](Cc1ccccc1-c1ccccc1)C(=O)O. The Bertz CT molecular complexity index is 557. The highest BCUT2D eigenvalue weighted by Gasteiger charge is 2.17. The lowest BCUT2D eigenvalue weighted by atomic mass is 9.92. The van der Waals surface area contributed by atoms with Crippen LogP contribution in [0.1, 0.15) is 5.56 Å². The third-order valence-corrected chi connectivity index (χ3v) is 3.20. The molecular formula is C16H18ClNO2. The molecule has 2 aromatic rings. The molecule has 0 aromatic heterocycles. The van der Waals surface area contributed by atoms with Gasteiger partial charge in [0.1, 0.15) is 0 Å². The number of aliphatic carboxylic acids is 1. The van der Waals surface area contributed by atoms with E-state index in [4.69, 9.17) is 10.8 Å². The molecule has 0 aliphatic rings. The molecule has 0 amide bonds. The van der Waals surface area contributed by atoms with Crippen molar-refractivity contribution in [3.05, 3.63) is 60.2 Å². The lowest BCUT2D eigenvalue weighted by Gasteiger charge is -2.13. The summed E-state index contributed by atoms with van der Waals surface area (Å²) in [5.41, 5.74) is 8.72. The van der Waals surface area contributed by atoms with E-state index in [0.29, 0.717) is 6.42 Å². The van der Waals surface area contributed by atoms with E-state index in [1.54, 1.807) is 0 Å². The van der Waals surface area contributed by atoms with Crippen molar-refractivity contribution in [1.29, 1.82) is 0 Å². The van der Waals surface area contributed by atoms with Crippen LogP contribution in [0.3, 0.4) is 0 Å². The number of rotatable bonds is 5. The molecule has 0 aliphatic heterocycles. The van der Waals surface area contributed by atoms with Crippen molar-refractivity contribution in [2.24, 2.45) is 11.7 Å². The molecule has 0 saturated heterocycles. The van der Waals surface area contributed by atoms with Crippen molar-refractivity contribution in [3.8, 4) is 11.1 Å². The normalized spacial score (nSPS) is 11.4. The van der Waals surface area contributed by atoms with Gasteiger partial charge in [-0.15, -0.1) is 12.4 Å². The van der Waals surface area contributed by atoms with Crippen LogP contribution < -0.4 is 5.73 Å². The Labute approximate surface area is 124 Å². The largest absolute Gasteiger partial charge is 0.481 e. The zero-order chi connectivity index (χ0) is 13.7. The molecule has 0 heterocycles.